The van der Waals surface area contributed by atoms with E-state index >= 15 is 0 Å². The van der Waals surface area contributed by atoms with E-state index in [1.165, 1.54) is 0 Å². The molecule has 1 unspecified atom stereocenters. The lowest BCUT2D eigenvalue weighted by Crippen LogP contribution is -2.31. The van der Waals surface area contributed by atoms with Gasteiger partial charge in [-0.3, -0.25) is 9.59 Å². The molecule has 2 amide bonds. The van der Waals surface area contributed by atoms with Crippen LogP contribution in [0.25, 0.3) is 0 Å². The molecular formula is C22H18Cl2N2O2. The monoisotopic (exact) mass is 412 g/mol. The highest BCUT2D eigenvalue weighted by Gasteiger charge is 2.20. The van der Waals surface area contributed by atoms with Crippen molar-refractivity contribution >= 4 is 40.7 Å². The van der Waals surface area contributed by atoms with E-state index in [4.69, 9.17) is 23.2 Å². The fraction of sp³-hybridized carbons (Fsp3) is 0.0909. The molecule has 142 valence electrons. The van der Waals surface area contributed by atoms with E-state index in [2.05, 4.69) is 10.6 Å². The molecule has 1 atom stereocenters. The second-order valence-corrected chi connectivity index (χ2v) is 6.94. The summed E-state index contributed by atoms with van der Waals surface area (Å²) >= 11 is 12.1. The zero-order valence-corrected chi connectivity index (χ0v) is 16.4. The Morgan fingerprint density at radius 2 is 1.46 bits per heavy atom. The summed E-state index contributed by atoms with van der Waals surface area (Å²) in [4.78, 5) is 25.2. The van der Waals surface area contributed by atoms with Crippen molar-refractivity contribution in [2.75, 3.05) is 5.32 Å². The van der Waals surface area contributed by atoms with Crippen molar-refractivity contribution in [2.45, 2.75) is 12.5 Å². The Hall–Kier alpha value is -2.82. The number of amides is 2. The molecule has 0 aromatic heterocycles. The highest BCUT2D eigenvalue weighted by molar-refractivity contribution is 6.43. The first-order chi connectivity index (χ1) is 13.5. The number of halogens is 2. The van der Waals surface area contributed by atoms with Gasteiger partial charge in [-0.15, -0.1) is 0 Å². The van der Waals surface area contributed by atoms with Crippen molar-refractivity contribution in [1.82, 2.24) is 5.32 Å². The Kier molecular flexibility index (Phi) is 6.69. The van der Waals surface area contributed by atoms with E-state index < -0.39 is 6.04 Å². The third kappa shape index (κ3) is 5.12. The highest BCUT2D eigenvalue weighted by atomic mass is 35.5. The van der Waals surface area contributed by atoms with Gasteiger partial charge in [-0.2, -0.15) is 0 Å². The molecule has 0 spiro atoms. The smallest absolute Gasteiger partial charge is 0.251 e. The van der Waals surface area contributed by atoms with Gasteiger partial charge in [-0.1, -0.05) is 77.8 Å². The first-order valence-electron chi connectivity index (χ1n) is 8.69. The summed E-state index contributed by atoms with van der Waals surface area (Å²) < 4.78 is 0. The molecular weight excluding hydrogens is 395 g/mol. The number of benzene rings is 3. The molecule has 0 radical (unpaired) electrons. The first-order valence-corrected chi connectivity index (χ1v) is 9.45. The summed E-state index contributed by atoms with van der Waals surface area (Å²) in [5, 5.41) is 6.33. The Bertz CT molecular complexity index is 963. The Balaban J connectivity index is 1.76. The van der Waals surface area contributed by atoms with Crippen molar-refractivity contribution in [2.24, 2.45) is 0 Å². The molecule has 6 heteroatoms. The summed E-state index contributed by atoms with van der Waals surface area (Å²) in [6.07, 6.45) is 0.0471. The summed E-state index contributed by atoms with van der Waals surface area (Å²) in [5.74, 6) is -0.533. The molecule has 0 aliphatic heterocycles. The molecule has 28 heavy (non-hydrogen) atoms. The molecule has 3 aromatic carbocycles. The second kappa shape index (κ2) is 9.40. The van der Waals surface area contributed by atoms with Crippen molar-refractivity contribution in [3.63, 3.8) is 0 Å². The van der Waals surface area contributed by atoms with Crippen LogP contribution in [-0.2, 0) is 4.79 Å². The van der Waals surface area contributed by atoms with Gasteiger partial charge in [0, 0.05) is 5.56 Å². The average Bonchev–Trinajstić information content (AvgIpc) is 2.72. The maximum absolute atomic E-state index is 12.6. The Labute approximate surface area is 173 Å². The number of carbonyl (C=O) groups is 2. The van der Waals surface area contributed by atoms with Crippen LogP contribution in [0.1, 0.15) is 28.4 Å². The molecule has 0 aliphatic carbocycles. The lowest BCUT2D eigenvalue weighted by atomic mass is 10.0. The van der Waals surface area contributed by atoms with Gasteiger partial charge in [0.2, 0.25) is 5.91 Å². The van der Waals surface area contributed by atoms with Crippen LogP contribution in [0, 0.1) is 0 Å². The third-order valence-corrected chi connectivity index (χ3v) is 4.98. The minimum atomic E-state index is -0.494. The zero-order valence-electron chi connectivity index (χ0n) is 14.9. The third-order valence-electron chi connectivity index (χ3n) is 4.16. The Morgan fingerprint density at radius 1 is 0.821 bits per heavy atom. The van der Waals surface area contributed by atoms with Crippen molar-refractivity contribution in [3.8, 4) is 0 Å². The van der Waals surface area contributed by atoms with Crippen molar-refractivity contribution < 1.29 is 9.59 Å². The van der Waals surface area contributed by atoms with Crippen LogP contribution in [0.3, 0.4) is 0 Å². The summed E-state index contributed by atoms with van der Waals surface area (Å²) in [7, 11) is 0. The minimum Gasteiger partial charge on any atom is -0.345 e. The van der Waals surface area contributed by atoms with E-state index in [0.29, 0.717) is 16.3 Å². The molecule has 2 N–H and O–H groups in total. The summed E-state index contributed by atoms with van der Waals surface area (Å²) in [6, 6.07) is 22.8. The second-order valence-electron chi connectivity index (χ2n) is 6.16. The predicted octanol–water partition coefficient (Wildman–Crippen LogP) is 5.49. The van der Waals surface area contributed by atoms with Crippen molar-refractivity contribution in [3.05, 3.63) is 100 Å². The minimum absolute atomic E-state index is 0.0471. The number of hydrogen-bond acceptors (Lipinski definition) is 2. The largest absolute Gasteiger partial charge is 0.345 e. The average molecular weight is 413 g/mol. The molecule has 0 aliphatic rings. The maximum Gasteiger partial charge on any atom is 0.251 e. The lowest BCUT2D eigenvalue weighted by molar-refractivity contribution is -0.116. The molecule has 0 bridgehead atoms. The van der Waals surface area contributed by atoms with Gasteiger partial charge in [-0.25, -0.2) is 0 Å². The van der Waals surface area contributed by atoms with E-state index in [1.54, 1.807) is 42.5 Å². The van der Waals surface area contributed by atoms with Gasteiger partial charge in [0.15, 0.2) is 0 Å². The van der Waals surface area contributed by atoms with E-state index in [-0.39, 0.29) is 23.3 Å². The summed E-state index contributed by atoms with van der Waals surface area (Å²) in [5.41, 5.74) is 1.79. The quantitative estimate of drug-likeness (QED) is 0.561. The van der Waals surface area contributed by atoms with Gasteiger partial charge >= 0.3 is 0 Å². The van der Waals surface area contributed by atoms with Crippen molar-refractivity contribution in [1.29, 1.82) is 0 Å². The SMILES string of the molecule is O=C(CC(NC(=O)c1ccccc1)c1ccccc1)Nc1cccc(Cl)c1Cl. The van der Waals surface area contributed by atoms with E-state index in [9.17, 15) is 9.59 Å². The van der Waals surface area contributed by atoms with Gasteiger partial charge in [-0.05, 0) is 29.8 Å². The van der Waals surface area contributed by atoms with Crippen LogP contribution in [0.15, 0.2) is 78.9 Å². The molecule has 4 nitrogen and oxygen atoms in total. The number of nitrogens with one attached hydrogen (secondary N) is 2. The van der Waals surface area contributed by atoms with Gasteiger partial charge in [0.1, 0.15) is 0 Å². The highest BCUT2D eigenvalue weighted by Crippen LogP contribution is 2.30. The zero-order chi connectivity index (χ0) is 19.9. The van der Waals surface area contributed by atoms with Gasteiger partial charge < -0.3 is 10.6 Å². The fourth-order valence-electron chi connectivity index (χ4n) is 2.76. The molecule has 0 fully saturated rings. The molecule has 0 saturated carbocycles. The number of carbonyl (C=O) groups excluding carboxylic acids is 2. The molecule has 3 aromatic rings. The van der Waals surface area contributed by atoms with Crippen LogP contribution < -0.4 is 10.6 Å². The van der Waals surface area contributed by atoms with Crippen LogP contribution >= 0.6 is 23.2 Å². The van der Waals surface area contributed by atoms with Crippen LogP contribution in [0.5, 0.6) is 0 Å². The predicted molar refractivity (Wildman–Crippen MR) is 113 cm³/mol. The van der Waals surface area contributed by atoms with E-state index in [0.717, 1.165) is 5.56 Å². The normalized spacial score (nSPS) is 11.5. The van der Waals surface area contributed by atoms with Gasteiger partial charge in [0.25, 0.3) is 5.91 Å². The lowest BCUT2D eigenvalue weighted by Gasteiger charge is -2.19. The molecule has 3 rings (SSSR count). The standard InChI is InChI=1S/C22H18Cl2N2O2/c23-17-12-7-13-18(21(17)24)25-20(27)14-19(15-8-3-1-4-9-15)26-22(28)16-10-5-2-6-11-16/h1-13,19H,14H2,(H,25,27)(H,26,28). The topological polar surface area (TPSA) is 58.2 Å². The summed E-state index contributed by atoms with van der Waals surface area (Å²) in [6.45, 7) is 0. The van der Waals surface area contributed by atoms with Gasteiger partial charge in [0.05, 0.1) is 28.2 Å². The fourth-order valence-corrected chi connectivity index (χ4v) is 3.10. The number of rotatable bonds is 6. The maximum atomic E-state index is 12.6. The van der Waals surface area contributed by atoms with Crippen LogP contribution in [0.4, 0.5) is 5.69 Å². The number of hydrogen-bond donors (Lipinski definition) is 2. The first kappa shape index (κ1) is 19.9. The van der Waals surface area contributed by atoms with Crippen LogP contribution in [-0.4, -0.2) is 11.8 Å². The molecule has 0 heterocycles. The van der Waals surface area contributed by atoms with Crippen LogP contribution in [0.2, 0.25) is 10.0 Å². The van der Waals surface area contributed by atoms with E-state index in [1.807, 2.05) is 36.4 Å². The molecule has 0 saturated heterocycles. The number of anilines is 1. The Morgan fingerprint density at radius 3 is 2.14 bits per heavy atom.